The first kappa shape index (κ1) is 16.2. The van der Waals surface area contributed by atoms with Gasteiger partial charge in [-0.15, -0.1) is 0 Å². The summed E-state index contributed by atoms with van der Waals surface area (Å²) in [5, 5.41) is 9.29. The molecule has 2 aromatic carbocycles. The SMILES string of the molecule is O=C(O)Cc1c(Cl)nc(-c2ccc([18F])cc2)n1Cc1ccccc1. The van der Waals surface area contributed by atoms with E-state index < -0.39 is 5.97 Å². The van der Waals surface area contributed by atoms with Crippen molar-refractivity contribution in [3.63, 3.8) is 0 Å². The van der Waals surface area contributed by atoms with Crippen LogP contribution in [-0.2, 0) is 17.8 Å². The molecule has 4 nitrogen and oxygen atoms in total. The monoisotopic (exact) mass is 343 g/mol. The van der Waals surface area contributed by atoms with Crippen LogP contribution in [0.4, 0.5) is 4.39 Å². The summed E-state index contributed by atoms with van der Waals surface area (Å²) < 4.78 is 14.9. The maximum Gasteiger partial charge on any atom is 0.309 e. The summed E-state index contributed by atoms with van der Waals surface area (Å²) in [6.45, 7) is 0.426. The Kier molecular flexibility index (Phi) is 4.62. The molecular formula is C18H14ClFN2O2. The second-order valence-corrected chi connectivity index (χ2v) is 5.68. The topological polar surface area (TPSA) is 55.1 Å². The van der Waals surface area contributed by atoms with Crippen molar-refractivity contribution in [1.29, 1.82) is 0 Å². The van der Waals surface area contributed by atoms with Gasteiger partial charge < -0.3 is 9.67 Å². The molecule has 0 unspecified atom stereocenters. The molecule has 3 rings (SSSR count). The molecule has 0 aliphatic heterocycles. The number of halogens is 2. The van der Waals surface area contributed by atoms with Gasteiger partial charge in [0.15, 0.2) is 5.15 Å². The van der Waals surface area contributed by atoms with Crippen LogP contribution < -0.4 is 0 Å². The molecule has 0 saturated carbocycles. The fourth-order valence-electron chi connectivity index (χ4n) is 2.52. The van der Waals surface area contributed by atoms with Crippen molar-refractivity contribution in [2.24, 2.45) is 0 Å². The highest BCUT2D eigenvalue weighted by Gasteiger charge is 2.19. The van der Waals surface area contributed by atoms with Gasteiger partial charge in [0.2, 0.25) is 0 Å². The van der Waals surface area contributed by atoms with Crippen molar-refractivity contribution in [1.82, 2.24) is 9.55 Å². The Labute approximate surface area is 143 Å². The first-order valence-corrected chi connectivity index (χ1v) is 7.69. The molecule has 0 amide bonds. The summed E-state index contributed by atoms with van der Waals surface area (Å²) in [4.78, 5) is 15.5. The van der Waals surface area contributed by atoms with E-state index in [2.05, 4.69) is 4.98 Å². The number of benzene rings is 2. The third-order valence-corrected chi connectivity index (χ3v) is 3.93. The van der Waals surface area contributed by atoms with E-state index in [4.69, 9.17) is 16.7 Å². The molecule has 0 aliphatic carbocycles. The van der Waals surface area contributed by atoms with E-state index in [1.165, 1.54) is 12.1 Å². The highest BCUT2D eigenvalue weighted by Crippen LogP contribution is 2.27. The highest BCUT2D eigenvalue weighted by molar-refractivity contribution is 6.30. The maximum atomic E-state index is 13.2. The van der Waals surface area contributed by atoms with Crippen LogP contribution in [0, 0.1) is 5.82 Å². The second-order valence-electron chi connectivity index (χ2n) is 5.32. The first-order valence-electron chi connectivity index (χ1n) is 7.31. The van der Waals surface area contributed by atoms with E-state index in [9.17, 15) is 9.18 Å². The lowest BCUT2D eigenvalue weighted by Gasteiger charge is -2.11. The van der Waals surface area contributed by atoms with E-state index in [1.807, 2.05) is 30.3 Å². The Hall–Kier alpha value is -2.66. The Morgan fingerprint density at radius 3 is 2.42 bits per heavy atom. The zero-order chi connectivity index (χ0) is 17.1. The van der Waals surface area contributed by atoms with Gasteiger partial charge in [-0.2, -0.15) is 0 Å². The minimum Gasteiger partial charge on any atom is -0.481 e. The number of nitrogens with zero attached hydrogens (tertiary/aromatic N) is 2. The molecule has 1 aromatic heterocycles. The van der Waals surface area contributed by atoms with Crippen LogP contribution >= 0.6 is 11.6 Å². The molecule has 6 heteroatoms. The Balaban J connectivity index is 2.10. The van der Waals surface area contributed by atoms with E-state index >= 15 is 0 Å². The average Bonchev–Trinajstić information content (AvgIpc) is 2.85. The Morgan fingerprint density at radius 1 is 1.12 bits per heavy atom. The van der Waals surface area contributed by atoms with Crippen LogP contribution in [0.1, 0.15) is 11.3 Å². The molecule has 0 radical (unpaired) electrons. The molecule has 0 bridgehead atoms. The summed E-state index contributed by atoms with van der Waals surface area (Å²) in [5.74, 6) is -0.825. The molecule has 0 fully saturated rings. The molecule has 24 heavy (non-hydrogen) atoms. The lowest BCUT2D eigenvalue weighted by molar-refractivity contribution is -0.136. The normalized spacial score (nSPS) is 10.8. The molecule has 1 N–H and O–H groups in total. The number of carboxylic acid groups (broad SMARTS) is 1. The number of carboxylic acids is 1. The first-order chi connectivity index (χ1) is 11.5. The number of hydrogen-bond acceptors (Lipinski definition) is 2. The third-order valence-electron chi connectivity index (χ3n) is 3.63. The van der Waals surface area contributed by atoms with Crippen LogP contribution in [-0.4, -0.2) is 20.6 Å². The van der Waals surface area contributed by atoms with Crippen molar-refractivity contribution >= 4 is 17.6 Å². The van der Waals surface area contributed by atoms with Gasteiger partial charge in [0.1, 0.15) is 11.6 Å². The van der Waals surface area contributed by atoms with Gasteiger partial charge in [-0.25, -0.2) is 9.37 Å². The van der Waals surface area contributed by atoms with E-state index in [0.717, 1.165) is 5.56 Å². The van der Waals surface area contributed by atoms with Gasteiger partial charge >= 0.3 is 5.97 Å². The van der Waals surface area contributed by atoms with Gasteiger partial charge in [0.05, 0.1) is 12.1 Å². The number of imidazole rings is 1. The second kappa shape index (κ2) is 6.84. The lowest BCUT2D eigenvalue weighted by Crippen LogP contribution is -2.11. The molecule has 0 aliphatic rings. The van der Waals surface area contributed by atoms with Crippen LogP contribution in [0.5, 0.6) is 0 Å². The molecular weight excluding hydrogens is 330 g/mol. The summed E-state index contributed by atoms with van der Waals surface area (Å²) in [5.41, 5.74) is 2.08. The standard InChI is InChI=1S/C18H14ClFN2O2/c19-17-15(10-16(23)24)22(11-12-4-2-1-3-5-12)18(21-17)13-6-8-14(20)9-7-13/h1-9H,10-11H2,(H,23,24)/i20-1. The van der Waals surface area contributed by atoms with Crippen LogP contribution in [0.15, 0.2) is 54.6 Å². The highest BCUT2D eigenvalue weighted by atomic mass is 35.5. The zero-order valence-corrected chi connectivity index (χ0v) is 13.4. The Morgan fingerprint density at radius 2 is 1.79 bits per heavy atom. The molecule has 122 valence electrons. The van der Waals surface area contributed by atoms with E-state index in [-0.39, 0.29) is 17.4 Å². The molecule has 0 saturated heterocycles. The quantitative estimate of drug-likeness (QED) is 0.761. The van der Waals surface area contributed by atoms with Crippen molar-refractivity contribution in [3.05, 3.63) is 76.8 Å². The average molecular weight is 344 g/mol. The fourth-order valence-corrected chi connectivity index (χ4v) is 2.77. The fraction of sp³-hybridized carbons (Fsp3) is 0.111. The van der Waals surface area contributed by atoms with Gasteiger partial charge in [-0.05, 0) is 29.8 Å². The van der Waals surface area contributed by atoms with Crippen molar-refractivity contribution in [3.8, 4) is 11.4 Å². The third kappa shape index (κ3) is 3.46. The van der Waals surface area contributed by atoms with Crippen molar-refractivity contribution < 1.29 is 14.3 Å². The predicted octanol–water partition coefficient (Wildman–Crippen LogP) is 4.02. The number of rotatable bonds is 5. The zero-order valence-electron chi connectivity index (χ0n) is 12.6. The van der Waals surface area contributed by atoms with Gasteiger partial charge in [0, 0.05) is 12.1 Å². The summed E-state index contributed by atoms with van der Waals surface area (Å²) >= 11 is 6.17. The predicted molar refractivity (Wildman–Crippen MR) is 89.5 cm³/mol. The largest absolute Gasteiger partial charge is 0.481 e. The molecule has 0 atom stereocenters. The lowest BCUT2D eigenvalue weighted by atomic mass is 10.2. The summed E-state index contributed by atoms with van der Waals surface area (Å²) in [7, 11) is 0. The number of hydrogen-bond donors (Lipinski definition) is 1. The minimum absolute atomic E-state index is 0.146. The van der Waals surface area contributed by atoms with Crippen LogP contribution in [0.25, 0.3) is 11.4 Å². The number of carbonyl (C=O) groups is 1. The maximum absolute atomic E-state index is 13.2. The smallest absolute Gasteiger partial charge is 0.309 e. The minimum atomic E-state index is -0.989. The van der Waals surface area contributed by atoms with Crippen molar-refractivity contribution in [2.75, 3.05) is 0 Å². The van der Waals surface area contributed by atoms with Gasteiger partial charge in [-0.1, -0.05) is 41.9 Å². The Bertz CT molecular complexity index is 861. The van der Waals surface area contributed by atoms with Gasteiger partial charge in [0.25, 0.3) is 0 Å². The summed E-state index contributed by atoms with van der Waals surface area (Å²) in [6, 6.07) is 15.5. The van der Waals surface area contributed by atoms with E-state index in [1.54, 1.807) is 16.7 Å². The number of aliphatic carboxylic acids is 1. The van der Waals surface area contributed by atoms with Crippen LogP contribution in [0.2, 0.25) is 5.15 Å². The van der Waals surface area contributed by atoms with Crippen molar-refractivity contribution in [2.45, 2.75) is 13.0 Å². The van der Waals surface area contributed by atoms with E-state index in [0.29, 0.717) is 23.6 Å². The number of aromatic nitrogens is 2. The molecule has 1 heterocycles. The molecule has 0 spiro atoms. The summed E-state index contributed by atoms with van der Waals surface area (Å²) in [6.07, 6.45) is -0.236. The molecule has 3 aromatic rings. The van der Waals surface area contributed by atoms with Crippen LogP contribution in [0.3, 0.4) is 0 Å². The van der Waals surface area contributed by atoms with Gasteiger partial charge in [-0.3, -0.25) is 4.79 Å².